The highest BCUT2D eigenvalue weighted by Crippen LogP contribution is 2.32. The molecule has 2 aromatic heterocycles. The Morgan fingerprint density at radius 2 is 2.07 bits per heavy atom. The number of anilines is 2. The van der Waals surface area contributed by atoms with E-state index >= 15 is 0 Å². The summed E-state index contributed by atoms with van der Waals surface area (Å²) >= 11 is 0. The van der Waals surface area contributed by atoms with Gasteiger partial charge in [-0.2, -0.15) is 4.98 Å². The molecule has 0 unspecified atom stereocenters. The lowest BCUT2D eigenvalue weighted by Crippen LogP contribution is -2.32. The fourth-order valence-corrected chi connectivity index (χ4v) is 4.32. The summed E-state index contributed by atoms with van der Waals surface area (Å²) in [6.45, 7) is 5.70. The molecule has 0 aliphatic carbocycles. The molecule has 0 spiro atoms. The average molecular weight is 391 g/mol. The summed E-state index contributed by atoms with van der Waals surface area (Å²) in [6, 6.07) is 11.9. The van der Waals surface area contributed by atoms with Gasteiger partial charge in [0.25, 0.3) is 5.91 Å². The van der Waals surface area contributed by atoms with Crippen molar-refractivity contribution in [3.63, 3.8) is 0 Å². The molecule has 2 aliphatic heterocycles. The van der Waals surface area contributed by atoms with Crippen LogP contribution in [0.25, 0.3) is 5.65 Å². The Morgan fingerprint density at radius 3 is 2.90 bits per heavy atom. The fraction of sp³-hybridized carbons (Fsp3) is 0.409. The Balaban J connectivity index is 1.41. The molecule has 4 heterocycles. The van der Waals surface area contributed by atoms with E-state index in [0.29, 0.717) is 17.4 Å². The van der Waals surface area contributed by atoms with E-state index in [1.54, 1.807) is 0 Å². The number of amides is 1. The molecule has 1 amide bonds. The number of ether oxygens (including phenoxy) is 1. The van der Waals surface area contributed by atoms with Crippen molar-refractivity contribution in [1.82, 2.24) is 19.9 Å². The van der Waals surface area contributed by atoms with Crippen LogP contribution in [0.3, 0.4) is 0 Å². The van der Waals surface area contributed by atoms with Crippen LogP contribution in [0.2, 0.25) is 0 Å². The number of pyridine rings is 1. The number of hydrogen-bond acceptors (Lipinski definition) is 5. The molecule has 7 nitrogen and oxygen atoms in total. The largest absolute Gasteiger partial charge is 0.381 e. The number of benzene rings is 1. The molecule has 0 radical (unpaired) electrons. The maximum absolute atomic E-state index is 12.3. The number of fused-ring (bicyclic) bond motifs is 2. The molecular formula is C22H25N5O2. The molecule has 0 bridgehead atoms. The van der Waals surface area contributed by atoms with Crippen LogP contribution in [-0.2, 0) is 16.7 Å². The third-order valence-corrected chi connectivity index (χ3v) is 5.90. The third kappa shape index (κ3) is 3.35. The van der Waals surface area contributed by atoms with Crippen LogP contribution >= 0.6 is 0 Å². The van der Waals surface area contributed by atoms with Crippen molar-refractivity contribution in [2.24, 2.45) is 5.92 Å². The first-order valence-corrected chi connectivity index (χ1v) is 10.2. The molecule has 3 aromatic rings. The van der Waals surface area contributed by atoms with Crippen molar-refractivity contribution in [3.8, 4) is 0 Å². The van der Waals surface area contributed by atoms with Gasteiger partial charge < -0.3 is 15.4 Å². The Bertz CT molecular complexity index is 1080. The van der Waals surface area contributed by atoms with Crippen LogP contribution in [0.1, 0.15) is 48.3 Å². The number of carbonyl (C=O) groups excluding carboxylic acids is 1. The Hall–Kier alpha value is -2.93. The molecule has 150 valence electrons. The second-order valence-electron chi connectivity index (χ2n) is 8.45. The van der Waals surface area contributed by atoms with Gasteiger partial charge in [0, 0.05) is 30.2 Å². The quantitative estimate of drug-likeness (QED) is 0.712. The summed E-state index contributed by atoms with van der Waals surface area (Å²) in [5, 5.41) is 10.9. The molecule has 1 aromatic carbocycles. The van der Waals surface area contributed by atoms with Gasteiger partial charge in [0.1, 0.15) is 0 Å². The van der Waals surface area contributed by atoms with E-state index in [-0.39, 0.29) is 11.4 Å². The van der Waals surface area contributed by atoms with Gasteiger partial charge in [0.15, 0.2) is 5.65 Å². The lowest BCUT2D eigenvalue weighted by atomic mass is 9.94. The molecule has 2 aliphatic rings. The van der Waals surface area contributed by atoms with Gasteiger partial charge in [-0.1, -0.05) is 12.1 Å². The molecule has 5 rings (SSSR count). The number of nitrogens with one attached hydrogen (secondary N) is 2. The minimum atomic E-state index is -0.342. The standard InChI is InChI=1S/C22H25N5O2/c1-22(2)18-7-6-15(13-17(18)20(28)25-22)23-21-24-19-5-3-4-16(27(19)26-21)12-14-8-10-29-11-9-14/h3-7,13-14H,8-12H2,1-2H3,(H,23,26)(H,25,28). The van der Waals surface area contributed by atoms with Crippen molar-refractivity contribution in [2.75, 3.05) is 18.5 Å². The second kappa shape index (κ2) is 6.84. The average Bonchev–Trinajstić information content (AvgIpc) is 3.21. The number of aromatic nitrogens is 3. The molecule has 2 N–H and O–H groups in total. The first kappa shape index (κ1) is 18.1. The summed E-state index contributed by atoms with van der Waals surface area (Å²) in [7, 11) is 0. The van der Waals surface area contributed by atoms with Gasteiger partial charge in [-0.3, -0.25) is 4.79 Å². The molecule has 1 saturated heterocycles. The zero-order chi connectivity index (χ0) is 20.0. The van der Waals surface area contributed by atoms with E-state index in [4.69, 9.17) is 4.74 Å². The lowest BCUT2D eigenvalue weighted by Gasteiger charge is -2.21. The Kier molecular flexibility index (Phi) is 4.28. The first-order chi connectivity index (χ1) is 14.0. The Morgan fingerprint density at radius 1 is 1.24 bits per heavy atom. The van der Waals surface area contributed by atoms with Gasteiger partial charge in [0.05, 0.1) is 5.54 Å². The van der Waals surface area contributed by atoms with Gasteiger partial charge in [-0.25, -0.2) is 4.52 Å². The van der Waals surface area contributed by atoms with E-state index < -0.39 is 0 Å². The van der Waals surface area contributed by atoms with E-state index in [1.807, 2.05) is 48.7 Å². The highest BCUT2D eigenvalue weighted by molar-refractivity contribution is 6.00. The van der Waals surface area contributed by atoms with E-state index in [9.17, 15) is 4.79 Å². The van der Waals surface area contributed by atoms with Gasteiger partial charge in [-0.05, 0) is 68.9 Å². The van der Waals surface area contributed by atoms with Crippen LogP contribution in [0, 0.1) is 5.92 Å². The summed E-state index contributed by atoms with van der Waals surface area (Å²) < 4.78 is 7.39. The summed E-state index contributed by atoms with van der Waals surface area (Å²) in [4.78, 5) is 16.9. The third-order valence-electron chi connectivity index (χ3n) is 5.90. The van der Waals surface area contributed by atoms with Crippen LogP contribution in [0.5, 0.6) is 0 Å². The highest BCUT2D eigenvalue weighted by atomic mass is 16.5. The van der Waals surface area contributed by atoms with Crippen molar-refractivity contribution in [1.29, 1.82) is 0 Å². The number of carbonyl (C=O) groups is 1. The van der Waals surface area contributed by atoms with Crippen molar-refractivity contribution >= 4 is 23.2 Å². The molecule has 1 fully saturated rings. The minimum Gasteiger partial charge on any atom is -0.381 e. The molecule has 7 heteroatoms. The number of hydrogen-bond donors (Lipinski definition) is 2. The zero-order valence-corrected chi connectivity index (χ0v) is 16.7. The minimum absolute atomic E-state index is 0.0460. The van der Waals surface area contributed by atoms with Crippen molar-refractivity contribution in [2.45, 2.75) is 38.6 Å². The topological polar surface area (TPSA) is 80.5 Å². The normalized spacial score (nSPS) is 18.6. The Labute approximate surface area is 169 Å². The predicted molar refractivity (Wildman–Crippen MR) is 110 cm³/mol. The van der Waals surface area contributed by atoms with Gasteiger partial charge in [-0.15, -0.1) is 5.10 Å². The summed E-state index contributed by atoms with van der Waals surface area (Å²) in [5.74, 6) is 1.10. The van der Waals surface area contributed by atoms with Crippen LogP contribution < -0.4 is 10.6 Å². The van der Waals surface area contributed by atoms with E-state index in [1.165, 1.54) is 0 Å². The molecular weight excluding hydrogens is 366 g/mol. The van der Waals surface area contributed by atoms with Crippen molar-refractivity contribution in [3.05, 3.63) is 53.2 Å². The molecule has 0 atom stereocenters. The van der Waals surface area contributed by atoms with E-state index in [2.05, 4.69) is 26.8 Å². The highest BCUT2D eigenvalue weighted by Gasteiger charge is 2.34. The van der Waals surface area contributed by atoms with Gasteiger partial charge in [0.2, 0.25) is 5.95 Å². The number of rotatable bonds is 4. The zero-order valence-electron chi connectivity index (χ0n) is 16.7. The van der Waals surface area contributed by atoms with Crippen molar-refractivity contribution < 1.29 is 9.53 Å². The smallest absolute Gasteiger partial charge is 0.252 e. The van der Waals surface area contributed by atoms with Crippen LogP contribution in [0.4, 0.5) is 11.6 Å². The molecule has 0 saturated carbocycles. The lowest BCUT2D eigenvalue weighted by molar-refractivity contribution is 0.0661. The fourth-order valence-electron chi connectivity index (χ4n) is 4.32. The second-order valence-corrected chi connectivity index (χ2v) is 8.45. The first-order valence-electron chi connectivity index (χ1n) is 10.2. The number of nitrogens with zero attached hydrogens (tertiary/aromatic N) is 3. The summed E-state index contributed by atoms with van der Waals surface area (Å²) in [5.41, 5.74) is 4.14. The van der Waals surface area contributed by atoms with E-state index in [0.717, 1.165) is 55.1 Å². The molecule has 29 heavy (non-hydrogen) atoms. The van der Waals surface area contributed by atoms with Gasteiger partial charge >= 0.3 is 0 Å². The van der Waals surface area contributed by atoms with Crippen LogP contribution in [0.15, 0.2) is 36.4 Å². The maximum atomic E-state index is 12.3. The SMILES string of the molecule is CC1(C)NC(=O)c2cc(Nc3nc4cccc(CC5CCOCC5)n4n3)ccc21. The monoisotopic (exact) mass is 391 g/mol. The predicted octanol–water partition coefficient (Wildman–Crippen LogP) is 3.42. The van der Waals surface area contributed by atoms with Crippen LogP contribution in [-0.4, -0.2) is 33.7 Å². The summed E-state index contributed by atoms with van der Waals surface area (Å²) in [6.07, 6.45) is 3.14. The maximum Gasteiger partial charge on any atom is 0.252 e.